The SMILES string of the molecule is CCCCC(CC)COc1ccc(C#CCCl)cc1. The van der Waals surface area contributed by atoms with E-state index in [0.717, 1.165) is 17.9 Å². The minimum Gasteiger partial charge on any atom is -0.493 e. The van der Waals surface area contributed by atoms with Crippen molar-refractivity contribution in [2.45, 2.75) is 39.5 Å². The molecule has 0 N–H and O–H groups in total. The molecule has 0 aliphatic rings. The van der Waals surface area contributed by atoms with Gasteiger partial charge < -0.3 is 4.74 Å². The Morgan fingerprint density at radius 1 is 1.21 bits per heavy atom. The second-order valence-electron chi connectivity index (χ2n) is 4.69. The second-order valence-corrected chi connectivity index (χ2v) is 4.95. The summed E-state index contributed by atoms with van der Waals surface area (Å²) in [5, 5.41) is 0. The van der Waals surface area contributed by atoms with Crippen LogP contribution >= 0.6 is 11.6 Å². The van der Waals surface area contributed by atoms with Crippen molar-refractivity contribution in [3.8, 4) is 17.6 Å². The van der Waals surface area contributed by atoms with Crippen LogP contribution in [0.2, 0.25) is 0 Å². The molecule has 0 saturated carbocycles. The van der Waals surface area contributed by atoms with Crippen LogP contribution in [0.25, 0.3) is 0 Å². The Labute approximate surface area is 122 Å². The molecule has 2 heteroatoms. The number of ether oxygens (including phenoxy) is 1. The average molecular weight is 279 g/mol. The molecule has 1 unspecified atom stereocenters. The fourth-order valence-electron chi connectivity index (χ4n) is 1.88. The predicted octanol–water partition coefficient (Wildman–Crippen LogP) is 4.87. The normalized spacial score (nSPS) is 11.5. The molecule has 0 spiro atoms. The maximum Gasteiger partial charge on any atom is 0.119 e. The Morgan fingerprint density at radius 2 is 1.95 bits per heavy atom. The highest BCUT2D eigenvalue weighted by Gasteiger charge is 2.06. The van der Waals surface area contributed by atoms with Crippen molar-refractivity contribution in [2.75, 3.05) is 12.5 Å². The number of benzene rings is 1. The van der Waals surface area contributed by atoms with E-state index < -0.39 is 0 Å². The molecule has 19 heavy (non-hydrogen) atoms. The van der Waals surface area contributed by atoms with Gasteiger partial charge in [0, 0.05) is 5.56 Å². The van der Waals surface area contributed by atoms with Crippen molar-refractivity contribution in [1.82, 2.24) is 0 Å². The molecule has 0 bridgehead atoms. The quantitative estimate of drug-likeness (QED) is 0.511. The van der Waals surface area contributed by atoms with Crippen molar-refractivity contribution in [1.29, 1.82) is 0 Å². The summed E-state index contributed by atoms with van der Waals surface area (Å²) in [6, 6.07) is 7.90. The topological polar surface area (TPSA) is 9.23 Å². The molecule has 1 rings (SSSR count). The molecule has 104 valence electrons. The van der Waals surface area contributed by atoms with E-state index in [9.17, 15) is 0 Å². The number of hydrogen-bond donors (Lipinski definition) is 0. The molecular formula is C17H23ClO. The lowest BCUT2D eigenvalue weighted by Crippen LogP contribution is -2.11. The summed E-state index contributed by atoms with van der Waals surface area (Å²) in [4.78, 5) is 0. The Balaban J connectivity index is 2.44. The van der Waals surface area contributed by atoms with Crippen LogP contribution in [0, 0.1) is 17.8 Å². The van der Waals surface area contributed by atoms with Crippen LogP contribution < -0.4 is 4.74 Å². The molecule has 1 aromatic carbocycles. The van der Waals surface area contributed by atoms with Gasteiger partial charge >= 0.3 is 0 Å². The molecule has 0 saturated heterocycles. The summed E-state index contributed by atoms with van der Waals surface area (Å²) in [5.74, 6) is 7.78. The van der Waals surface area contributed by atoms with Crippen LogP contribution in [0.15, 0.2) is 24.3 Å². The highest BCUT2D eigenvalue weighted by Crippen LogP contribution is 2.17. The van der Waals surface area contributed by atoms with Crippen molar-refractivity contribution >= 4 is 11.6 Å². The van der Waals surface area contributed by atoms with Crippen LogP contribution in [-0.4, -0.2) is 12.5 Å². The van der Waals surface area contributed by atoms with Gasteiger partial charge in [-0.2, -0.15) is 0 Å². The van der Waals surface area contributed by atoms with E-state index >= 15 is 0 Å². The zero-order valence-electron chi connectivity index (χ0n) is 11.9. The summed E-state index contributed by atoms with van der Waals surface area (Å²) >= 11 is 5.53. The third-order valence-electron chi connectivity index (χ3n) is 3.18. The standard InChI is InChI=1S/C17H23ClO/c1-3-5-7-15(4-2)14-19-17-11-9-16(10-12-17)8-6-13-18/h9-12,15H,3-5,7,13-14H2,1-2H3. The van der Waals surface area contributed by atoms with E-state index in [4.69, 9.17) is 16.3 Å². The fraction of sp³-hybridized carbons (Fsp3) is 0.529. The highest BCUT2D eigenvalue weighted by atomic mass is 35.5. The summed E-state index contributed by atoms with van der Waals surface area (Å²) < 4.78 is 5.84. The molecule has 0 aliphatic heterocycles. The van der Waals surface area contributed by atoms with Gasteiger partial charge in [-0.3, -0.25) is 0 Å². The number of unbranched alkanes of at least 4 members (excludes halogenated alkanes) is 1. The molecule has 1 nitrogen and oxygen atoms in total. The smallest absolute Gasteiger partial charge is 0.119 e. The van der Waals surface area contributed by atoms with Crippen molar-refractivity contribution < 1.29 is 4.74 Å². The summed E-state index contributed by atoms with van der Waals surface area (Å²) in [5.41, 5.74) is 0.978. The monoisotopic (exact) mass is 278 g/mol. The van der Waals surface area contributed by atoms with E-state index in [1.165, 1.54) is 25.7 Å². The van der Waals surface area contributed by atoms with E-state index in [1.807, 2.05) is 24.3 Å². The first kappa shape index (κ1) is 15.9. The largest absolute Gasteiger partial charge is 0.493 e. The Bertz CT molecular complexity index is 400. The molecule has 0 amide bonds. The van der Waals surface area contributed by atoms with Gasteiger partial charge in [0.1, 0.15) is 5.75 Å². The molecule has 0 aliphatic carbocycles. The third-order valence-corrected chi connectivity index (χ3v) is 3.32. The lowest BCUT2D eigenvalue weighted by molar-refractivity contribution is 0.233. The summed E-state index contributed by atoms with van der Waals surface area (Å²) in [7, 11) is 0. The first-order valence-electron chi connectivity index (χ1n) is 7.07. The summed E-state index contributed by atoms with van der Waals surface area (Å²) in [6.45, 7) is 5.27. The van der Waals surface area contributed by atoms with Crippen LogP contribution in [0.3, 0.4) is 0 Å². The van der Waals surface area contributed by atoms with Gasteiger partial charge in [0.25, 0.3) is 0 Å². The van der Waals surface area contributed by atoms with Gasteiger partial charge in [0.05, 0.1) is 12.5 Å². The Hall–Kier alpha value is -1.13. The van der Waals surface area contributed by atoms with E-state index in [0.29, 0.717) is 11.8 Å². The van der Waals surface area contributed by atoms with Crippen LogP contribution in [0.1, 0.15) is 45.1 Å². The van der Waals surface area contributed by atoms with Crippen molar-refractivity contribution in [2.24, 2.45) is 5.92 Å². The lowest BCUT2D eigenvalue weighted by atomic mass is 10.0. The second kappa shape index (κ2) is 9.75. The van der Waals surface area contributed by atoms with E-state index in [1.54, 1.807) is 0 Å². The van der Waals surface area contributed by atoms with E-state index in [2.05, 4.69) is 25.7 Å². The first-order chi connectivity index (χ1) is 9.30. The molecular weight excluding hydrogens is 256 g/mol. The van der Waals surface area contributed by atoms with Crippen LogP contribution in [0.5, 0.6) is 5.75 Å². The van der Waals surface area contributed by atoms with Gasteiger partial charge in [-0.05, 0) is 36.6 Å². The molecule has 1 atom stereocenters. The molecule has 0 fully saturated rings. The maximum absolute atomic E-state index is 5.84. The van der Waals surface area contributed by atoms with Gasteiger partial charge in [-0.25, -0.2) is 0 Å². The molecule has 0 aromatic heterocycles. The number of halogens is 1. The molecule has 0 radical (unpaired) electrons. The molecule has 0 heterocycles. The zero-order valence-corrected chi connectivity index (χ0v) is 12.7. The van der Waals surface area contributed by atoms with Gasteiger partial charge in [-0.1, -0.05) is 45.0 Å². The number of rotatable bonds is 7. The Kier molecular flexibility index (Phi) is 8.18. The Morgan fingerprint density at radius 3 is 2.53 bits per heavy atom. The number of alkyl halides is 1. The highest BCUT2D eigenvalue weighted by molar-refractivity contribution is 6.19. The fourth-order valence-corrected chi connectivity index (χ4v) is 1.95. The maximum atomic E-state index is 5.84. The summed E-state index contributed by atoms with van der Waals surface area (Å²) in [6.07, 6.45) is 4.98. The minimum absolute atomic E-state index is 0.369. The van der Waals surface area contributed by atoms with Crippen LogP contribution in [0.4, 0.5) is 0 Å². The molecule has 1 aromatic rings. The van der Waals surface area contributed by atoms with Gasteiger partial charge in [0.15, 0.2) is 0 Å². The van der Waals surface area contributed by atoms with Crippen LogP contribution in [-0.2, 0) is 0 Å². The van der Waals surface area contributed by atoms with Gasteiger partial charge in [-0.15, -0.1) is 11.6 Å². The lowest BCUT2D eigenvalue weighted by Gasteiger charge is -2.15. The van der Waals surface area contributed by atoms with Gasteiger partial charge in [0.2, 0.25) is 0 Å². The van der Waals surface area contributed by atoms with Crippen molar-refractivity contribution in [3.63, 3.8) is 0 Å². The van der Waals surface area contributed by atoms with Crippen molar-refractivity contribution in [3.05, 3.63) is 29.8 Å². The third kappa shape index (κ3) is 6.55. The van der Waals surface area contributed by atoms with E-state index in [-0.39, 0.29) is 0 Å². The minimum atomic E-state index is 0.369. The average Bonchev–Trinajstić information content (AvgIpc) is 2.46. The first-order valence-corrected chi connectivity index (χ1v) is 7.61. The predicted molar refractivity (Wildman–Crippen MR) is 82.8 cm³/mol. The zero-order chi connectivity index (χ0) is 13.9. The number of hydrogen-bond acceptors (Lipinski definition) is 1.